The van der Waals surface area contributed by atoms with Crippen LogP contribution in [0.25, 0.3) is 0 Å². The van der Waals surface area contributed by atoms with Crippen molar-refractivity contribution in [1.29, 1.82) is 0 Å². The highest BCUT2D eigenvalue weighted by Crippen LogP contribution is 2.30. The molecular formula is C44H75N5O7. The SMILES string of the molecule is CC[C@H](C)C(C(CC(=O)N1CCC[C@H]1[C@H](OC)[C@@H](C)C(=O)N[C@@H](Cc1ccccc1)C(=O)C(C)(C)C)OC)N(C)C(=O)[C@@H](NC(=O)[C@H](C(C)C)N(C)C)C(C)C. The molecule has 2 N–H and O–H groups in total. The molecule has 0 aliphatic carbocycles. The van der Waals surface area contributed by atoms with Crippen molar-refractivity contribution >= 4 is 29.4 Å². The summed E-state index contributed by atoms with van der Waals surface area (Å²) in [6.07, 6.45) is 1.27. The highest BCUT2D eigenvalue weighted by molar-refractivity contribution is 5.93. The van der Waals surface area contributed by atoms with E-state index in [-0.39, 0.29) is 59.6 Å². The maximum absolute atomic E-state index is 14.3. The topological polar surface area (TPSA) is 138 Å². The molecule has 12 heteroatoms. The molecular weight excluding hydrogens is 711 g/mol. The lowest BCUT2D eigenvalue weighted by atomic mass is 9.83. The van der Waals surface area contributed by atoms with Gasteiger partial charge >= 0.3 is 0 Å². The number of amides is 4. The van der Waals surface area contributed by atoms with E-state index in [0.29, 0.717) is 19.4 Å². The molecule has 4 amide bonds. The van der Waals surface area contributed by atoms with Crippen LogP contribution in [0.2, 0.25) is 0 Å². The minimum atomic E-state index is -0.766. The molecule has 9 atom stereocenters. The quantitative estimate of drug-likeness (QED) is 0.178. The number of rotatable bonds is 21. The molecule has 1 aliphatic rings. The van der Waals surface area contributed by atoms with E-state index in [1.807, 2.05) is 112 Å². The van der Waals surface area contributed by atoms with Gasteiger partial charge in [-0.05, 0) is 56.7 Å². The van der Waals surface area contributed by atoms with Gasteiger partial charge in [-0.2, -0.15) is 0 Å². The zero-order chi connectivity index (χ0) is 42.7. The van der Waals surface area contributed by atoms with Crippen LogP contribution < -0.4 is 10.6 Å². The Morgan fingerprint density at radius 1 is 0.875 bits per heavy atom. The van der Waals surface area contributed by atoms with Gasteiger partial charge in [-0.25, -0.2) is 0 Å². The summed E-state index contributed by atoms with van der Waals surface area (Å²) < 4.78 is 12.0. The number of hydrogen-bond acceptors (Lipinski definition) is 8. The Kier molecular flexibility index (Phi) is 19.1. The molecule has 0 bridgehead atoms. The van der Waals surface area contributed by atoms with E-state index < -0.39 is 47.7 Å². The third-order valence-electron chi connectivity index (χ3n) is 11.6. The number of likely N-dealkylation sites (tertiary alicyclic amines) is 1. The van der Waals surface area contributed by atoms with E-state index in [9.17, 15) is 24.0 Å². The number of Topliss-reactive ketones (excluding diaryl/α,β-unsaturated/α-hetero) is 1. The molecule has 0 radical (unpaired) electrons. The number of benzene rings is 1. The molecule has 1 aliphatic heterocycles. The van der Waals surface area contributed by atoms with Crippen molar-refractivity contribution in [3.8, 4) is 0 Å². The van der Waals surface area contributed by atoms with Crippen LogP contribution in [0.1, 0.15) is 100 Å². The molecule has 1 fully saturated rings. The standard InChI is InChI=1S/C44H75N5O7/c1-16-29(6)38(48(13)43(54)36(27(2)3)46-42(53)37(28(4)5)47(11)12)34(55-14)26-35(50)49-24-20-23-33(49)39(56-15)30(7)41(52)45-32(40(51)44(8,9)10)25-31-21-18-17-19-22-31/h17-19,21-22,27-30,32-34,36-39H,16,20,23-26H2,1-15H3,(H,45,52)(H,46,53)/t29-,30+,32-,33-,34?,36-,37-,38?,39+/m0/s1. The largest absolute Gasteiger partial charge is 0.379 e. The third kappa shape index (κ3) is 12.8. The number of nitrogens with zero attached hydrogens (tertiary/aromatic N) is 3. The maximum atomic E-state index is 14.3. The van der Waals surface area contributed by atoms with E-state index in [0.717, 1.165) is 18.4 Å². The van der Waals surface area contributed by atoms with Crippen LogP contribution >= 0.6 is 0 Å². The first kappa shape index (κ1) is 48.8. The fourth-order valence-electron chi connectivity index (χ4n) is 8.30. The number of likely N-dealkylation sites (N-methyl/N-ethyl adjacent to an activating group) is 2. The number of methoxy groups -OCH3 is 2. The summed E-state index contributed by atoms with van der Waals surface area (Å²) in [6.45, 7) is 19.7. The van der Waals surface area contributed by atoms with Crippen molar-refractivity contribution in [1.82, 2.24) is 25.3 Å². The Morgan fingerprint density at radius 2 is 1.48 bits per heavy atom. The molecule has 0 spiro atoms. The summed E-state index contributed by atoms with van der Waals surface area (Å²) in [7, 11) is 8.57. The minimum absolute atomic E-state index is 0.0185. The number of nitrogens with one attached hydrogen (secondary N) is 2. The Hall–Kier alpha value is -3.35. The zero-order valence-corrected chi connectivity index (χ0v) is 37.2. The average Bonchev–Trinajstić information content (AvgIpc) is 3.62. The molecule has 1 saturated heterocycles. The summed E-state index contributed by atoms with van der Waals surface area (Å²) >= 11 is 0. The fraction of sp³-hybridized carbons (Fsp3) is 0.750. The molecule has 1 aromatic rings. The first-order valence-corrected chi connectivity index (χ1v) is 20.6. The van der Waals surface area contributed by atoms with Gasteiger partial charge in [0.25, 0.3) is 0 Å². The zero-order valence-electron chi connectivity index (χ0n) is 37.2. The molecule has 1 aromatic carbocycles. The minimum Gasteiger partial charge on any atom is -0.379 e. The van der Waals surface area contributed by atoms with Gasteiger partial charge in [0.1, 0.15) is 6.04 Å². The summed E-state index contributed by atoms with van der Waals surface area (Å²) in [4.78, 5) is 74.8. The summed E-state index contributed by atoms with van der Waals surface area (Å²) in [5.41, 5.74) is 0.282. The Bertz CT molecular complexity index is 1420. The van der Waals surface area contributed by atoms with Gasteiger partial charge in [0.15, 0.2) is 5.78 Å². The Labute approximate surface area is 338 Å². The first-order chi connectivity index (χ1) is 26.1. The second kappa shape index (κ2) is 22.0. The molecule has 0 saturated carbocycles. The van der Waals surface area contributed by atoms with Crippen LogP contribution in [-0.2, 0) is 39.9 Å². The van der Waals surface area contributed by atoms with E-state index in [2.05, 4.69) is 10.6 Å². The van der Waals surface area contributed by atoms with Gasteiger partial charge in [-0.1, -0.05) is 106 Å². The van der Waals surface area contributed by atoms with Crippen molar-refractivity contribution in [3.63, 3.8) is 0 Å². The van der Waals surface area contributed by atoms with Crippen molar-refractivity contribution in [2.45, 2.75) is 144 Å². The third-order valence-corrected chi connectivity index (χ3v) is 11.6. The van der Waals surface area contributed by atoms with Gasteiger partial charge in [0, 0.05) is 33.2 Å². The number of carbonyl (C=O) groups is 5. The van der Waals surface area contributed by atoms with Crippen molar-refractivity contribution in [3.05, 3.63) is 35.9 Å². The van der Waals surface area contributed by atoms with Gasteiger partial charge in [0.2, 0.25) is 23.6 Å². The normalized spacial score (nSPS) is 19.2. The van der Waals surface area contributed by atoms with Crippen LogP contribution in [0.5, 0.6) is 0 Å². The molecule has 56 heavy (non-hydrogen) atoms. The average molecular weight is 786 g/mol. The molecule has 0 aromatic heterocycles. The van der Waals surface area contributed by atoms with Crippen molar-refractivity contribution in [2.75, 3.05) is 41.9 Å². The second-order valence-corrected chi connectivity index (χ2v) is 17.8. The second-order valence-electron chi connectivity index (χ2n) is 17.8. The van der Waals surface area contributed by atoms with Crippen molar-refractivity contribution < 1.29 is 33.4 Å². The van der Waals surface area contributed by atoms with E-state index in [4.69, 9.17) is 9.47 Å². The van der Waals surface area contributed by atoms with Gasteiger partial charge in [-0.15, -0.1) is 0 Å². The molecule has 12 nitrogen and oxygen atoms in total. The van der Waals surface area contributed by atoms with Gasteiger partial charge < -0.3 is 29.9 Å². The Balaban J connectivity index is 2.32. The summed E-state index contributed by atoms with van der Waals surface area (Å²) in [6, 6.07) is 6.91. The van der Waals surface area contributed by atoms with E-state index in [1.54, 1.807) is 38.0 Å². The van der Waals surface area contributed by atoms with Gasteiger partial charge in [-0.3, -0.25) is 28.9 Å². The monoisotopic (exact) mass is 786 g/mol. The summed E-state index contributed by atoms with van der Waals surface area (Å²) in [5, 5.41) is 6.08. The predicted molar refractivity (Wildman–Crippen MR) is 222 cm³/mol. The molecule has 2 rings (SSSR count). The Morgan fingerprint density at radius 3 is 1.96 bits per heavy atom. The highest BCUT2D eigenvalue weighted by Gasteiger charge is 2.44. The summed E-state index contributed by atoms with van der Waals surface area (Å²) in [5.74, 6) is -1.78. The fourth-order valence-corrected chi connectivity index (χ4v) is 8.30. The highest BCUT2D eigenvalue weighted by atomic mass is 16.5. The van der Waals surface area contributed by atoms with Crippen LogP contribution in [0.4, 0.5) is 0 Å². The van der Waals surface area contributed by atoms with Crippen molar-refractivity contribution in [2.24, 2.45) is 29.1 Å². The molecule has 1 heterocycles. The van der Waals surface area contributed by atoms with Crippen LogP contribution in [0.3, 0.4) is 0 Å². The van der Waals surface area contributed by atoms with Crippen LogP contribution in [0.15, 0.2) is 30.3 Å². The number of carbonyl (C=O) groups excluding carboxylic acids is 5. The predicted octanol–water partition coefficient (Wildman–Crippen LogP) is 4.98. The lowest BCUT2D eigenvalue weighted by molar-refractivity contribution is -0.148. The number of hydrogen-bond donors (Lipinski definition) is 2. The number of ketones is 1. The molecule has 2 unspecified atom stereocenters. The lowest BCUT2D eigenvalue weighted by Crippen LogP contribution is -2.59. The smallest absolute Gasteiger partial charge is 0.245 e. The molecule has 318 valence electrons. The lowest BCUT2D eigenvalue weighted by Gasteiger charge is -2.41. The van der Waals surface area contributed by atoms with Crippen LogP contribution in [-0.4, -0.2) is 128 Å². The van der Waals surface area contributed by atoms with Crippen LogP contribution in [0, 0.1) is 29.1 Å². The number of ether oxygens (including phenoxy) is 2. The maximum Gasteiger partial charge on any atom is 0.245 e. The first-order valence-electron chi connectivity index (χ1n) is 20.6. The van der Waals surface area contributed by atoms with E-state index >= 15 is 0 Å². The van der Waals surface area contributed by atoms with E-state index in [1.165, 1.54) is 0 Å². The van der Waals surface area contributed by atoms with Gasteiger partial charge in [0.05, 0.1) is 48.7 Å².